The van der Waals surface area contributed by atoms with Crippen LogP contribution in [0, 0.1) is 5.82 Å². The molecule has 0 radical (unpaired) electrons. The highest BCUT2D eigenvalue weighted by molar-refractivity contribution is 6.30. The van der Waals surface area contributed by atoms with E-state index in [0.717, 1.165) is 11.3 Å². The molecule has 2 aromatic rings. The summed E-state index contributed by atoms with van der Waals surface area (Å²) < 4.78 is 18.6. The lowest BCUT2D eigenvalue weighted by atomic mass is 10.1. The SMILES string of the molecule is COc1ccc(C(O)CNc2ccc(Cl)cc2F)cc1. The molecule has 3 nitrogen and oxygen atoms in total. The van der Waals surface area contributed by atoms with Crippen LogP contribution in [-0.2, 0) is 0 Å². The largest absolute Gasteiger partial charge is 0.497 e. The molecule has 2 rings (SSSR count). The van der Waals surface area contributed by atoms with E-state index >= 15 is 0 Å². The van der Waals surface area contributed by atoms with E-state index in [2.05, 4.69) is 5.32 Å². The Morgan fingerprint density at radius 1 is 1.25 bits per heavy atom. The molecular formula is C15H15ClFNO2. The van der Waals surface area contributed by atoms with Gasteiger partial charge in [-0.25, -0.2) is 4.39 Å². The van der Waals surface area contributed by atoms with Crippen LogP contribution in [0.3, 0.4) is 0 Å². The number of hydrogen-bond donors (Lipinski definition) is 2. The number of rotatable bonds is 5. The summed E-state index contributed by atoms with van der Waals surface area (Å²) in [5.74, 6) is 0.275. The third-order valence-electron chi connectivity index (χ3n) is 2.92. The Kier molecular flexibility index (Phi) is 4.82. The minimum Gasteiger partial charge on any atom is -0.497 e. The number of anilines is 1. The number of aliphatic hydroxyl groups excluding tert-OH is 1. The maximum absolute atomic E-state index is 13.6. The van der Waals surface area contributed by atoms with Gasteiger partial charge in [-0.05, 0) is 35.9 Å². The molecule has 0 heterocycles. The van der Waals surface area contributed by atoms with Crippen LogP contribution in [0.1, 0.15) is 11.7 Å². The molecule has 0 spiro atoms. The van der Waals surface area contributed by atoms with Gasteiger partial charge in [0.1, 0.15) is 11.6 Å². The predicted octanol–water partition coefficient (Wildman–Crippen LogP) is 3.63. The molecule has 0 bridgehead atoms. The molecule has 0 aliphatic rings. The third kappa shape index (κ3) is 3.62. The Labute approximate surface area is 122 Å². The second-order valence-corrected chi connectivity index (χ2v) is 4.73. The second-order valence-electron chi connectivity index (χ2n) is 4.29. The summed E-state index contributed by atoms with van der Waals surface area (Å²) in [6, 6.07) is 11.4. The van der Waals surface area contributed by atoms with Crippen LogP contribution < -0.4 is 10.1 Å². The van der Waals surface area contributed by atoms with Gasteiger partial charge in [0.15, 0.2) is 0 Å². The normalized spacial score (nSPS) is 12.0. The van der Waals surface area contributed by atoms with Gasteiger partial charge < -0.3 is 15.2 Å². The minimum atomic E-state index is -0.740. The number of methoxy groups -OCH3 is 1. The van der Waals surface area contributed by atoms with Crippen LogP contribution in [0.25, 0.3) is 0 Å². The van der Waals surface area contributed by atoms with Gasteiger partial charge >= 0.3 is 0 Å². The van der Waals surface area contributed by atoms with Gasteiger partial charge in [0.25, 0.3) is 0 Å². The van der Waals surface area contributed by atoms with Crippen molar-refractivity contribution in [2.45, 2.75) is 6.10 Å². The van der Waals surface area contributed by atoms with E-state index in [1.165, 1.54) is 6.07 Å². The maximum atomic E-state index is 13.6. The fourth-order valence-corrected chi connectivity index (χ4v) is 1.94. The fraction of sp³-hybridized carbons (Fsp3) is 0.200. The highest BCUT2D eigenvalue weighted by Gasteiger charge is 2.09. The van der Waals surface area contributed by atoms with Gasteiger partial charge in [0.2, 0.25) is 0 Å². The van der Waals surface area contributed by atoms with Crippen LogP contribution >= 0.6 is 11.6 Å². The van der Waals surface area contributed by atoms with Crippen LogP contribution in [0.15, 0.2) is 42.5 Å². The molecule has 2 aromatic carbocycles. The highest BCUT2D eigenvalue weighted by atomic mass is 35.5. The van der Waals surface area contributed by atoms with E-state index in [9.17, 15) is 9.50 Å². The number of ether oxygens (including phenoxy) is 1. The Bertz CT molecular complexity index is 575. The molecule has 1 unspecified atom stereocenters. The summed E-state index contributed by atoms with van der Waals surface area (Å²) in [5.41, 5.74) is 1.04. The summed E-state index contributed by atoms with van der Waals surface area (Å²) in [5, 5.41) is 13.2. The van der Waals surface area contributed by atoms with Crippen LogP contribution in [0.5, 0.6) is 5.75 Å². The van der Waals surface area contributed by atoms with E-state index in [-0.39, 0.29) is 6.54 Å². The summed E-state index contributed by atoms with van der Waals surface area (Å²) in [7, 11) is 1.58. The zero-order valence-corrected chi connectivity index (χ0v) is 11.7. The minimum absolute atomic E-state index is 0.199. The van der Waals surface area contributed by atoms with E-state index < -0.39 is 11.9 Å². The lowest BCUT2D eigenvalue weighted by Gasteiger charge is -2.14. The van der Waals surface area contributed by atoms with Crippen molar-refractivity contribution in [3.8, 4) is 5.75 Å². The van der Waals surface area contributed by atoms with Crippen molar-refractivity contribution in [3.63, 3.8) is 0 Å². The first kappa shape index (κ1) is 14.6. The predicted molar refractivity (Wildman–Crippen MR) is 77.9 cm³/mol. The molecule has 0 saturated heterocycles. The zero-order valence-electron chi connectivity index (χ0n) is 10.9. The summed E-state index contributed by atoms with van der Waals surface area (Å²) in [6.45, 7) is 0.199. The molecule has 5 heteroatoms. The second kappa shape index (κ2) is 6.59. The monoisotopic (exact) mass is 295 g/mol. The number of nitrogens with one attached hydrogen (secondary N) is 1. The lowest BCUT2D eigenvalue weighted by Crippen LogP contribution is -2.12. The van der Waals surface area contributed by atoms with Crippen molar-refractivity contribution >= 4 is 17.3 Å². The first-order valence-corrected chi connectivity index (χ1v) is 6.49. The zero-order chi connectivity index (χ0) is 14.5. The molecule has 2 N–H and O–H groups in total. The van der Waals surface area contributed by atoms with Gasteiger partial charge in [-0.1, -0.05) is 23.7 Å². The van der Waals surface area contributed by atoms with Crippen LogP contribution in [0.2, 0.25) is 5.02 Å². The summed E-state index contributed by atoms with van der Waals surface area (Å²) in [6.07, 6.45) is -0.740. The molecule has 0 fully saturated rings. The average molecular weight is 296 g/mol. The third-order valence-corrected chi connectivity index (χ3v) is 3.15. The van der Waals surface area contributed by atoms with Gasteiger partial charge in [-0.3, -0.25) is 0 Å². The van der Waals surface area contributed by atoms with Crippen molar-refractivity contribution in [2.75, 3.05) is 19.0 Å². The number of benzene rings is 2. The average Bonchev–Trinajstić information content (AvgIpc) is 2.46. The first-order valence-electron chi connectivity index (χ1n) is 6.11. The Morgan fingerprint density at radius 2 is 1.95 bits per heavy atom. The smallest absolute Gasteiger partial charge is 0.147 e. The van der Waals surface area contributed by atoms with Crippen LogP contribution in [0.4, 0.5) is 10.1 Å². The van der Waals surface area contributed by atoms with E-state index in [4.69, 9.17) is 16.3 Å². The fourth-order valence-electron chi connectivity index (χ4n) is 1.78. The van der Waals surface area contributed by atoms with Crippen molar-refractivity contribution in [2.24, 2.45) is 0 Å². The molecule has 106 valence electrons. The molecule has 0 saturated carbocycles. The van der Waals surface area contributed by atoms with E-state index in [0.29, 0.717) is 10.7 Å². The highest BCUT2D eigenvalue weighted by Crippen LogP contribution is 2.21. The van der Waals surface area contributed by atoms with Crippen molar-refractivity contribution in [1.82, 2.24) is 0 Å². The maximum Gasteiger partial charge on any atom is 0.147 e. The molecule has 0 aliphatic carbocycles. The van der Waals surface area contributed by atoms with E-state index in [1.807, 2.05) is 0 Å². The molecule has 1 atom stereocenters. The van der Waals surface area contributed by atoms with Gasteiger partial charge in [-0.2, -0.15) is 0 Å². The number of hydrogen-bond acceptors (Lipinski definition) is 3. The summed E-state index contributed by atoms with van der Waals surface area (Å²) in [4.78, 5) is 0. The van der Waals surface area contributed by atoms with Gasteiger partial charge in [0, 0.05) is 11.6 Å². The van der Waals surface area contributed by atoms with E-state index in [1.54, 1.807) is 43.5 Å². The van der Waals surface area contributed by atoms with Gasteiger partial charge in [-0.15, -0.1) is 0 Å². The summed E-state index contributed by atoms with van der Waals surface area (Å²) >= 11 is 5.68. The van der Waals surface area contributed by atoms with Crippen molar-refractivity contribution in [1.29, 1.82) is 0 Å². The van der Waals surface area contributed by atoms with Crippen molar-refractivity contribution < 1.29 is 14.2 Å². The van der Waals surface area contributed by atoms with Crippen LogP contribution in [-0.4, -0.2) is 18.8 Å². The molecule has 0 aromatic heterocycles. The number of aliphatic hydroxyl groups is 1. The quantitative estimate of drug-likeness (QED) is 0.885. The lowest BCUT2D eigenvalue weighted by molar-refractivity contribution is 0.191. The standard InChI is InChI=1S/C15H15ClFNO2/c1-20-12-5-2-10(3-6-12)15(19)9-18-14-7-4-11(16)8-13(14)17/h2-8,15,18-19H,9H2,1H3. The molecular weight excluding hydrogens is 281 g/mol. The molecule has 0 amide bonds. The molecule has 20 heavy (non-hydrogen) atoms. The number of halogens is 2. The Morgan fingerprint density at radius 3 is 2.55 bits per heavy atom. The van der Waals surface area contributed by atoms with Crippen molar-refractivity contribution in [3.05, 3.63) is 58.9 Å². The topological polar surface area (TPSA) is 41.5 Å². The Hall–Kier alpha value is -1.78. The Balaban J connectivity index is 1.98. The van der Waals surface area contributed by atoms with Gasteiger partial charge in [0.05, 0.1) is 18.9 Å². The first-order chi connectivity index (χ1) is 9.60. The molecule has 0 aliphatic heterocycles.